The molecule has 1 atom stereocenters. The van der Waals surface area contributed by atoms with Gasteiger partial charge in [0, 0.05) is 0 Å². The average Bonchev–Trinajstić information content (AvgIpc) is 2.59. The van der Waals surface area contributed by atoms with Gasteiger partial charge >= 0.3 is 0 Å². The van der Waals surface area contributed by atoms with Crippen molar-refractivity contribution in [3.05, 3.63) is 63.6 Å². The van der Waals surface area contributed by atoms with Crippen LogP contribution in [0.15, 0.2) is 46.9 Å². The number of hydrogen-bond acceptors (Lipinski definition) is 2. The zero-order valence-corrected chi connectivity index (χ0v) is 18.7. The van der Waals surface area contributed by atoms with Crippen LogP contribution in [0.4, 0.5) is 0 Å². The van der Waals surface area contributed by atoms with Gasteiger partial charge in [-0.1, -0.05) is 65.0 Å². The Morgan fingerprint density at radius 2 is 1.63 bits per heavy atom. The summed E-state index contributed by atoms with van der Waals surface area (Å²) in [4.78, 5) is 12.3. The van der Waals surface area contributed by atoms with E-state index in [0.29, 0.717) is 11.7 Å². The minimum Gasteiger partial charge on any atom is -0.483 e. The summed E-state index contributed by atoms with van der Waals surface area (Å²) in [5.74, 6) is 0.989. The van der Waals surface area contributed by atoms with Crippen LogP contribution in [0.1, 0.15) is 70.2 Å². The molecular formula is C23H30BrNO2. The normalized spacial score (nSPS) is 12.7. The Labute approximate surface area is 171 Å². The van der Waals surface area contributed by atoms with Crippen LogP contribution in [0.2, 0.25) is 0 Å². The average molecular weight is 432 g/mol. The molecule has 1 amide bonds. The SMILES string of the molecule is CC(C)c1ccc(OCC(=O)NC(C)c2ccc(C(C)(C)C)cc2)c(Br)c1. The van der Waals surface area contributed by atoms with Crippen LogP contribution in [0.25, 0.3) is 0 Å². The van der Waals surface area contributed by atoms with E-state index in [1.165, 1.54) is 11.1 Å². The second kappa shape index (κ2) is 8.92. The fourth-order valence-corrected chi connectivity index (χ4v) is 3.29. The first-order valence-corrected chi connectivity index (χ1v) is 10.2. The maximum Gasteiger partial charge on any atom is 0.258 e. The lowest BCUT2D eigenvalue weighted by Gasteiger charge is -2.21. The third-order valence-electron chi connectivity index (χ3n) is 4.64. The maximum absolute atomic E-state index is 12.3. The third-order valence-corrected chi connectivity index (χ3v) is 5.26. The fourth-order valence-electron chi connectivity index (χ4n) is 2.77. The van der Waals surface area contributed by atoms with Gasteiger partial charge in [-0.15, -0.1) is 0 Å². The molecule has 0 saturated carbocycles. The van der Waals surface area contributed by atoms with E-state index in [2.05, 4.69) is 80.1 Å². The molecule has 146 valence electrons. The van der Waals surface area contributed by atoms with Crippen molar-refractivity contribution < 1.29 is 9.53 Å². The predicted molar refractivity (Wildman–Crippen MR) is 115 cm³/mol. The largest absolute Gasteiger partial charge is 0.483 e. The number of amides is 1. The molecule has 0 spiro atoms. The number of hydrogen-bond donors (Lipinski definition) is 1. The van der Waals surface area contributed by atoms with E-state index in [1.807, 2.05) is 25.1 Å². The molecule has 0 aliphatic carbocycles. The lowest BCUT2D eigenvalue weighted by atomic mass is 9.86. The lowest BCUT2D eigenvalue weighted by molar-refractivity contribution is -0.123. The Morgan fingerprint density at radius 1 is 1.04 bits per heavy atom. The quantitative estimate of drug-likeness (QED) is 0.597. The highest BCUT2D eigenvalue weighted by Crippen LogP contribution is 2.29. The van der Waals surface area contributed by atoms with Gasteiger partial charge in [0.1, 0.15) is 5.75 Å². The summed E-state index contributed by atoms with van der Waals surface area (Å²) in [6.45, 7) is 12.8. The standard InChI is InChI=1S/C23H30BrNO2/c1-15(2)18-9-12-21(20(24)13-18)27-14-22(26)25-16(3)17-7-10-19(11-8-17)23(4,5)6/h7-13,15-16H,14H2,1-6H3,(H,25,26). The number of nitrogens with one attached hydrogen (secondary N) is 1. The first-order chi connectivity index (χ1) is 12.6. The van der Waals surface area contributed by atoms with E-state index < -0.39 is 0 Å². The van der Waals surface area contributed by atoms with Crippen LogP contribution >= 0.6 is 15.9 Å². The van der Waals surface area contributed by atoms with Gasteiger partial charge in [0.2, 0.25) is 0 Å². The summed E-state index contributed by atoms with van der Waals surface area (Å²) in [6, 6.07) is 14.3. The molecule has 1 N–H and O–H groups in total. The smallest absolute Gasteiger partial charge is 0.258 e. The summed E-state index contributed by atoms with van der Waals surface area (Å²) in [6.07, 6.45) is 0. The van der Waals surface area contributed by atoms with E-state index in [0.717, 1.165) is 10.0 Å². The molecule has 27 heavy (non-hydrogen) atoms. The summed E-state index contributed by atoms with van der Waals surface area (Å²) < 4.78 is 6.54. The van der Waals surface area contributed by atoms with Crippen molar-refractivity contribution in [1.82, 2.24) is 5.32 Å². The second-order valence-corrected chi connectivity index (χ2v) is 9.15. The number of halogens is 1. The monoisotopic (exact) mass is 431 g/mol. The van der Waals surface area contributed by atoms with E-state index >= 15 is 0 Å². The van der Waals surface area contributed by atoms with E-state index in [-0.39, 0.29) is 24.0 Å². The Morgan fingerprint density at radius 3 is 2.15 bits per heavy atom. The summed E-state index contributed by atoms with van der Waals surface area (Å²) in [5.41, 5.74) is 3.71. The van der Waals surface area contributed by atoms with Crippen molar-refractivity contribution in [1.29, 1.82) is 0 Å². The van der Waals surface area contributed by atoms with Crippen LogP contribution in [-0.4, -0.2) is 12.5 Å². The topological polar surface area (TPSA) is 38.3 Å². The minimum atomic E-state index is -0.137. The summed E-state index contributed by atoms with van der Waals surface area (Å²) in [5, 5.41) is 2.99. The van der Waals surface area contributed by atoms with Crippen molar-refractivity contribution in [2.75, 3.05) is 6.61 Å². The Hall–Kier alpha value is -1.81. The Kier molecular flexibility index (Phi) is 7.10. The molecule has 0 heterocycles. The van der Waals surface area contributed by atoms with Gasteiger partial charge in [0.15, 0.2) is 6.61 Å². The van der Waals surface area contributed by atoms with Crippen LogP contribution in [-0.2, 0) is 10.2 Å². The molecule has 0 saturated heterocycles. The number of benzene rings is 2. The molecule has 0 aliphatic heterocycles. The van der Waals surface area contributed by atoms with Gasteiger partial charge < -0.3 is 10.1 Å². The molecule has 4 heteroatoms. The highest BCUT2D eigenvalue weighted by atomic mass is 79.9. The van der Waals surface area contributed by atoms with Crippen molar-refractivity contribution in [2.24, 2.45) is 0 Å². The third kappa shape index (κ3) is 6.10. The molecule has 2 rings (SSSR count). The van der Waals surface area contributed by atoms with E-state index in [9.17, 15) is 4.79 Å². The molecule has 0 bridgehead atoms. The van der Waals surface area contributed by atoms with Crippen LogP contribution in [0.3, 0.4) is 0 Å². The summed E-state index contributed by atoms with van der Waals surface area (Å²) >= 11 is 3.52. The van der Waals surface area contributed by atoms with Gasteiger partial charge in [0.25, 0.3) is 5.91 Å². The molecule has 2 aromatic carbocycles. The highest BCUT2D eigenvalue weighted by Gasteiger charge is 2.15. The number of carbonyl (C=O) groups excluding carboxylic acids is 1. The van der Waals surface area contributed by atoms with Crippen molar-refractivity contribution in [3.63, 3.8) is 0 Å². The Bertz CT molecular complexity index is 776. The lowest BCUT2D eigenvalue weighted by Crippen LogP contribution is -2.31. The predicted octanol–water partition coefficient (Wildman–Crippen LogP) is 6.13. The first-order valence-electron chi connectivity index (χ1n) is 9.40. The zero-order chi connectivity index (χ0) is 20.2. The van der Waals surface area contributed by atoms with Gasteiger partial charge in [0.05, 0.1) is 10.5 Å². The molecule has 0 aliphatic rings. The Balaban J connectivity index is 1.92. The van der Waals surface area contributed by atoms with E-state index in [4.69, 9.17) is 4.74 Å². The first kappa shape index (κ1) is 21.5. The zero-order valence-electron chi connectivity index (χ0n) is 17.1. The molecule has 3 nitrogen and oxygen atoms in total. The molecule has 0 fully saturated rings. The number of rotatable bonds is 6. The van der Waals surface area contributed by atoms with Gasteiger partial charge in [-0.25, -0.2) is 0 Å². The van der Waals surface area contributed by atoms with Crippen LogP contribution in [0, 0.1) is 0 Å². The van der Waals surface area contributed by atoms with Crippen molar-refractivity contribution in [2.45, 2.75) is 58.9 Å². The fraction of sp³-hybridized carbons (Fsp3) is 0.435. The van der Waals surface area contributed by atoms with Crippen LogP contribution in [0.5, 0.6) is 5.75 Å². The second-order valence-electron chi connectivity index (χ2n) is 8.29. The molecule has 0 radical (unpaired) electrons. The van der Waals surface area contributed by atoms with Crippen molar-refractivity contribution in [3.8, 4) is 5.75 Å². The highest BCUT2D eigenvalue weighted by molar-refractivity contribution is 9.10. The maximum atomic E-state index is 12.3. The van der Waals surface area contributed by atoms with Gasteiger partial charge in [-0.3, -0.25) is 4.79 Å². The molecule has 1 unspecified atom stereocenters. The van der Waals surface area contributed by atoms with Crippen LogP contribution < -0.4 is 10.1 Å². The molecule has 2 aromatic rings. The van der Waals surface area contributed by atoms with E-state index in [1.54, 1.807) is 0 Å². The number of ether oxygens (including phenoxy) is 1. The van der Waals surface area contributed by atoms with Crippen molar-refractivity contribution >= 4 is 21.8 Å². The minimum absolute atomic E-state index is 0.00988. The summed E-state index contributed by atoms with van der Waals surface area (Å²) in [7, 11) is 0. The number of carbonyl (C=O) groups is 1. The molecule has 0 aromatic heterocycles. The van der Waals surface area contributed by atoms with Gasteiger partial charge in [-0.2, -0.15) is 0 Å². The molecular weight excluding hydrogens is 402 g/mol. The van der Waals surface area contributed by atoms with Gasteiger partial charge in [-0.05, 0) is 63.0 Å².